The summed E-state index contributed by atoms with van der Waals surface area (Å²) in [5.41, 5.74) is 4.34. The van der Waals surface area contributed by atoms with E-state index in [-0.39, 0.29) is 18.2 Å². The van der Waals surface area contributed by atoms with E-state index in [0.29, 0.717) is 24.2 Å². The summed E-state index contributed by atoms with van der Waals surface area (Å²) in [6.07, 6.45) is 2.13. The molecule has 1 fully saturated rings. The van der Waals surface area contributed by atoms with Gasteiger partial charge >= 0.3 is 0 Å². The summed E-state index contributed by atoms with van der Waals surface area (Å²) < 4.78 is 0. The maximum atomic E-state index is 12.7. The van der Waals surface area contributed by atoms with Crippen molar-refractivity contribution in [3.8, 4) is 11.3 Å². The molecule has 0 spiro atoms. The molecule has 1 saturated heterocycles. The molecule has 0 saturated carbocycles. The van der Waals surface area contributed by atoms with Crippen molar-refractivity contribution in [2.75, 3.05) is 0 Å². The van der Waals surface area contributed by atoms with Gasteiger partial charge in [0.15, 0.2) is 0 Å². The van der Waals surface area contributed by atoms with E-state index in [1.165, 1.54) is 4.90 Å². The van der Waals surface area contributed by atoms with Crippen LogP contribution in [-0.4, -0.2) is 33.6 Å². The predicted octanol–water partition coefficient (Wildman–Crippen LogP) is 2.37. The molecule has 1 aromatic carbocycles. The van der Waals surface area contributed by atoms with Gasteiger partial charge in [0.1, 0.15) is 6.04 Å². The minimum absolute atomic E-state index is 0.196. The monoisotopic (exact) mass is 360 g/mol. The number of nitrogens with zero attached hydrogens (tertiary/aromatic N) is 3. The lowest BCUT2D eigenvalue weighted by atomic mass is 10.0. The second-order valence-electron chi connectivity index (χ2n) is 6.74. The average Bonchev–Trinajstić information content (AvgIpc) is 2.97. The van der Waals surface area contributed by atoms with Gasteiger partial charge < -0.3 is 4.90 Å². The molecule has 1 N–H and O–H groups in total. The molecule has 0 aliphatic carbocycles. The molecule has 0 radical (unpaired) electrons. The Morgan fingerprint density at radius 1 is 1.26 bits per heavy atom. The smallest absolute Gasteiger partial charge is 0.255 e. The molecule has 134 valence electrons. The Labute approximate surface area is 155 Å². The van der Waals surface area contributed by atoms with Crippen LogP contribution in [0.2, 0.25) is 0 Å². The van der Waals surface area contributed by atoms with Gasteiger partial charge in [-0.05, 0) is 42.7 Å². The number of rotatable bonds is 2. The molecule has 2 aliphatic heterocycles. The number of amides is 3. The lowest BCUT2D eigenvalue weighted by Gasteiger charge is -2.29. The molecule has 3 amide bonds. The number of carbonyl (C=O) groups excluding carboxylic acids is 3. The molecule has 1 aromatic heterocycles. The van der Waals surface area contributed by atoms with Crippen LogP contribution in [-0.2, 0) is 16.1 Å². The molecular formula is C20H16N4O3. The molecular weight excluding hydrogens is 344 g/mol. The van der Waals surface area contributed by atoms with Gasteiger partial charge in [0, 0.05) is 30.3 Å². The van der Waals surface area contributed by atoms with Crippen molar-refractivity contribution in [1.29, 1.82) is 0 Å². The SMILES string of the molecule is [C-]#[N+]c1cnc(-c2ccc3c(c2)CN(C2CCC(=O)NC2=O)C3=O)cc1C. The number of pyridine rings is 1. The van der Waals surface area contributed by atoms with Crippen LogP contribution in [0.3, 0.4) is 0 Å². The fourth-order valence-electron chi connectivity index (χ4n) is 3.56. The summed E-state index contributed by atoms with van der Waals surface area (Å²) in [7, 11) is 0. The molecule has 27 heavy (non-hydrogen) atoms. The van der Waals surface area contributed by atoms with Crippen molar-refractivity contribution in [3.63, 3.8) is 0 Å². The summed E-state index contributed by atoms with van der Waals surface area (Å²) in [5, 5.41) is 2.30. The highest BCUT2D eigenvalue weighted by molar-refractivity contribution is 6.05. The fourth-order valence-corrected chi connectivity index (χ4v) is 3.56. The standard InChI is InChI=1S/C20H16N4O3/c1-11-7-15(22-9-16(11)21-2)12-3-4-14-13(8-12)10-24(20(14)27)17-5-6-18(25)23-19(17)26/h3-4,7-9,17H,5-6,10H2,1H3,(H,23,25,26). The largest absolute Gasteiger partial charge is 0.322 e. The number of hydrogen-bond donors (Lipinski definition) is 1. The van der Waals surface area contributed by atoms with Crippen molar-refractivity contribution in [3.05, 3.63) is 58.6 Å². The van der Waals surface area contributed by atoms with Crippen LogP contribution in [0.15, 0.2) is 30.5 Å². The maximum absolute atomic E-state index is 12.7. The molecule has 1 unspecified atom stereocenters. The normalized spacial score (nSPS) is 18.9. The number of aryl methyl sites for hydroxylation is 1. The van der Waals surface area contributed by atoms with E-state index in [2.05, 4.69) is 15.1 Å². The molecule has 3 heterocycles. The van der Waals surface area contributed by atoms with E-state index >= 15 is 0 Å². The Morgan fingerprint density at radius 2 is 2.07 bits per heavy atom. The molecule has 7 nitrogen and oxygen atoms in total. The van der Waals surface area contributed by atoms with Gasteiger partial charge in [0.2, 0.25) is 17.5 Å². The minimum Gasteiger partial charge on any atom is -0.322 e. The highest BCUT2D eigenvalue weighted by atomic mass is 16.2. The van der Waals surface area contributed by atoms with Crippen molar-refractivity contribution in [1.82, 2.24) is 15.2 Å². The molecule has 2 aliphatic rings. The predicted molar refractivity (Wildman–Crippen MR) is 96.7 cm³/mol. The van der Waals surface area contributed by atoms with Gasteiger partial charge in [-0.2, -0.15) is 0 Å². The Bertz CT molecular complexity index is 1040. The van der Waals surface area contributed by atoms with Crippen LogP contribution in [0.1, 0.15) is 34.3 Å². The number of hydrogen-bond acceptors (Lipinski definition) is 4. The summed E-state index contributed by atoms with van der Waals surface area (Å²) in [6.45, 7) is 9.31. The second kappa shape index (κ2) is 6.32. The Hall–Kier alpha value is -3.53. The lowest BCUT2D eigenvalue weighted by molar-refractivity contribution is -0.136. The maximum Gasteiger partial charge on any atom is 0.255 e. The number of imide groups is 1. The van der Waals surface area contributed by atoms with Crippen molar-refractivity contribution >= 4 is 23.4 Å². The number of benzene rings is 1. The van der Waals surface area contributed by atoms with E-state index < -0.39 is 11.9 Å². The van der Waals surface area contributed by atoms with Crippen LogP contribution >= 0.6 is 0 Å². The summed E-state index contributed by atoms with van der Waals surface area (Å²) in [4.78, 5) is 45.5. The van der Waals surface area contributed by atoms with Crippen LogP contribution < -0.4 is 5.32 Å². The van der Waals surface area contributed by atoms with Crippen LogP contribution in [0.25, 0.3) is 16.1 Å². The lowest BCUT2D eigenvalue weighted by Crippen LogP contribution is -2.52. The van der Waals surface area contributed by atoms with Gasteiger partial charge in [-0.15, -0.1) is 0 Å². The number of aromatic nitrogens is 1. The highest BCUT2D eigenvalue weighted by Gasteiger charge is 2.39. The number of piperidine rings is 1. The fraction of sp³-hybridized carbons (Fsp3) is 0.250. The first-order valence-electron chi connectivity index (χ1n) is 8.60. The second-order valence-corrected chi connectivity index (χ2v) is 6.74. The van der Waals surface area contributed by atoms with Crippen LogP contribution in [0.4, 0.5) is 5.69 Å². The Kier molecular flexibility index (Phi) is 3.96. The quantitative estimate of drug-likeness (QED) is 0.658. The Morgan fingerprint density at radius 3 is 2.78 bits per heavy atom. The third kappa shape index (κ3) is 2.85. The number of nitrogens with one attached hydrogen (secondary N) is 1. The molecule has 4 rings (SSSR count). The Balaban J connectivity index is 1.63. The average molecular weight is 360 g/mol. The van der Waals surface area contributed by atoms with Gasteiger partial charge in [-0.25, -0.2) is 4.85 Å². The van der Waals surface area contributed by atoms with Crippen LogP contribution in [0.5, 0.6) is 0 Å². The summed E-state index contributed by atoms with van der Waals surface area (Å²) in [5.74, 6) is -0.912. The zero-order valence-electron chi connectivity index (χ0n) is 14.7. The molecule has 7 heteroatoms. The molecule has 0 bridgehead atoms. The third-order valence-electron chi connectivity index (χ3n) is 5.02. The number of fused-ring (bicyclic) bond motifs is 1. The zero-order valence-corrected chi connectivity index (χ0v) is 14.7. The number of carbonyl (C=O) groups is 3. The first-order chi connectivity index (χ1) is 13.0. The van der Waals surface area contributed by atoms with Crippen molar-refractivity contribution in [2.24, 2.45) is 0 Å². The topological polar surface area (TPSA) is 83.7 Å². The zero-order chi connectivity index (χ0) is 19.1. The van der Waals surface area contributed by atoms with Crippen molar-refractivity contribution < 1.29 is 14.4 Å². The van der Waals surface area contributed by atoms with Gasteiger partial charge in [0.25, 0.3) is 5.91 Å². The highest BCUT2D eigenvalue weighted by Crippen LogP contribution is 2.31. The molecule has 1 atom stereocenters. The summed E-state index contributed by atoms with van der Waals surface area (Å²) >= 11 is 0. The van der Waals surface area contributed by atoms with Crippen molar-refractivity contribution in [2.45, 2.75) is 32.4 Å². The van der Waals surface area contributed by atoms with E-state index in [0.717, 1.165) is 22.4 Å². The first kappa shape index (κ1) is 16.9. The van der Waals surface area contributed by atoms with Gasteiger partial charge in [-0.1, -0.05) is 6.07 Å². The van der Waals surface area contributed by atoms with E-state index in [4.69, 9.17) is 6.57 Å². The van der Waals surface area contributed by atoms with E-state index in [9.17, 15) is 14.4 Å². The minimum atomic E-state index is -0.621. The third-order valence-corrected chi connectivity index (χ3v) is 5.02. The first-order valence-corrected chi connectivity index (χ1v) is 8.60. The summed E-state index contributed by atoms with van der Waals surface area (Å²) in [6, 6.07) is 6.70. The molecule has 2 aromatic rings. The van der Waals surface area contributed by atoms with E-state index in [1.807, 2.05) is 25.1 Å². The van der Waals surface area contributed by atoms with Gasteiger partial charge in [0.05, 0.1) is 12.3 Å². The van der Waals surface area contributed by atoms with E-state index in [1.54, 1.807) is 12.3 Å². The van der Waals surface area contributed by atoms with Gasteiger partial charge in [-0.3, -0.25) is 24.7 Å². The van der Waals surface area contributed by atoms with Crippen LogP contribution in [0, 0.1) is 13.5 Å².